The largest absolute Gasteiger partial charge is 0.316 e. The molecule has 0 amide bonds. The van der Waals surface area contributed by atoms with Gasteiger partial charge in [0.1, 0.15) is 5.82 Å². The molecule has 0 aromatic heterocycles. The Morgan fingerprint density at radius 1 is 1.42 bits per heavy atom. The maximum Gasteiger partial charge on any atom is 0.243 e. The van der Waals surface area contributed by atoms with Crippen molar-refractivity contribution >= 4 is 10.0 Å². The molecule has 0 saturated heterocycles. The molecule has 1 aromatic rings. The van der Waals surface area contributed by atoms with Crippen molar-refractivity contribution in [1.29, 1.82) is 0 Å². The fraction of sp³-hybridized carbons (Fsp3) is 0.538. The van der Waals surface area contributed by atoms with Crippen molar-refractivity contribution in [3.05, 3.63) is 29.6 Å². The van der Waals surface area contributed by atoms with Crippen molar-refractivity contribution in [2.45, 2.75) is 24.3 Å². The van der Waals surface area contributed by atoms with Crippen LogP contribution >= 0.6 is 0 Å². The number of nitrogens with one attached hydrogen (secondary N) is 1. The number of halogens is 1. The zero-order chi connectivity index (χ0) is 14.0. The van der Waals surface area contributed by atoms with E-state index in [1.165, 1.54) is 16.4 Å². The van der Waals surface area contributed by atoms with Gasteiger partial charge in [-0.15, -0.1) is 0 Å². The lowest BCUT2D eigenvalue weighted by Crippen LogP contribution is -2.30. The molecule has 19 heavy (non-hydrogen) atoms. The summed E-state index contributed by atoms with van der Waals surface area (Å²) in [5, 5.41) is 2.90. The summed E-state index contributed by atoms with van der Waals surface area (Å²) in [6.45, 7) is 0.907. The third kappa shape index (κ3) is 3.32. The molecule has 1 aromatic carbocycles. The standard InChI is InChI=1S/C13H19FN2O2S/c1-15-8-11-5-6-12(14)7-13(11)19(17,18)16(2)9-10-3-4-10/h5-7,10,15H,3-4,8-9H2,1-2H3. The van der Waals surface area contributed by atoms with Gasteiger partial charge in [0.25, 0.3) is 0 Å². The molecule has 0 aliphatic heterocycles. The third-order valence-electron chi connectivity index (χ3n) is 3.30. The van der Waals surface area contributed by atoms with Crippen molar-refractivity contribution in [2.24, 2.45) is 5.92 Å². The molecule has 1 N–H and O–H groups in total. The minimum Gasteiger partial charge on any atom is -0.316 e. The number of hydrogen-bond donors (Lipinski definition) is 1. The highest BCUT2D eigenvalue weighted by Crippen LogP contribution is 2.31. The van der Waals surface area contributed by atoms with E-state index in [9.17, 15) is 12.8 Å². The molecular weight excluding hydrogens is 267 g/mol. The summed E-state index contributed by atoms with van der Waals surface area (Å²) in [5.41, 5.74) is 0.589. The van der Waals surface area contributed by atoms with Crippen LogP contribution in [-0.2, 0) is 16.6 Å². The minimum absolute atomic E-state index is 0.0602. The molecule has 0 radical (unpaired) electrons. The van der Waals surface area contributed by atoms with Gasteiger partial charge in [0, 0.05) is 20.1 Å². The quantitative estimate of drug-likeness (QED) is 0.863. The Kier molecular flexibility index (Phi) is 4.23. The number of nitrogens with zero attached hydrogens (tertiary/aromatic N) is 1. The van der Waals surface area contributed by atoms with E-state index in [1.807, 2.05) is 0 Å². The van der Waals surface area contributed by atoms with Gasteiger partial charge in [-0.05, 0) is 43.5 Å². The van der Waals surface area contributed by atoms with Gasteiger partial charge < -0.3 is 5.32 Å². The highest BCUT2D eigenvalue weighted by molar-refractivity contribution is 7.89. The lowest BCUT2D eigenvalue weighted by molar-refractivity contribution is 0.451. The molecule has 2 rings (SSSR count). The van der Waals surface area contributed by atoms with Gasteiger partial charge >= 0.3 is 0 Å². The minimum atomic E-state index is -3.62. The van der Waals surface area contributed by atoms with Gasteiger partial charge in [0.2, 0.25) is 10.0 Å². The second kappa shape index (κ2) is 5.56. The Morgan fingerprint density at radius 2 is 2.11 bits per heavy atom. The lowest BCUT2D eigenvalue weighted by atomic mass is 10.2. The van der Waals surface area contributed by atoms with Crippen LogP contribution in [0.25, 0.3) is 0 Å². The smallest absolute Gasteiger partial charge is 0.243 e. The Bertz CT molecular complexity index is 556. The first-order valence-corrected chi connectivity index (χ1v) is 7.78. The summed E-state index contributed by atoms with van der Waals surface area (Å²) in [5.74, 6) is -0.0701. The highest BCUT2D eigenvalue weighted by Gasteiger charge is 2.30. The van der Waals surface area contributed by atoms with Crippen LogP contribution in [0.1, 0.15) is 18.4 Å². The summed E-state index contributed by atoms with van der Waals surface area (Å²) >= 11 is 0. The van der Waals surface area contributed by atoms with Crippen LogP contribution in [0.2, 0.25) is 0 Å². The van der Waals surface area contributed by atoms with E-state index in [2.05, 4.69) is 5.32 Å². The third-order valence-corrected chi connectivity index (χ3v) is 5.20. The van der Waals surface area contributed by atoms with E-state index in [-0.39, 0.29) is 4.90 Å². The molecule has 4 nitrogen and oxygen atoms in total. The normalized spacial score (nSPS) is 16.0. The fourth-order valence-electron chi connectivity index (χ4n) is 2.04. The SMILES string of the molecule is CNCc1ccc(F)cc1S(=O)(=O)N(C)CC1CC1. The molecule has 0 heterocycles. The molecule has 6 heteroatoms. The molecule has 1 saturated carbocycles. The molecular formula is C13H19FN2O2S. The predicted octanol–water partition coefficient (Wildman–Crippen LogP) is 1.58. The van der Waals surface area contributed by atoms with E-state index in [1.54, 1.807) is 14.1 Å². The molecule has 0 bridgehead atoms. The van der Waals surface area contributed by atoms with Gasteiger partial charge in [-0.2, -0.15) is 0 Å². The number of rotatable bonds is 6. The van der Waals surface area contributed by atoms with Crippen molar-refractivity contribution in [1.82, 2.24) is 9.62 Å². The van der Waals surface area contributed by atoms with E-state index in [0.717, 1.165) is 18.9 Å². The summed E-state index contributed by atoms with van der Waals surface area (Å²) in [6, 6.07) is 3.90. The lowest BCUT2D eigenvalue weighted by Gasteiger charge is -2.19. The molecule has 0 atom stereocenters. The highest BCUT2D eigenvalue weighted by atomic mass is 32.2. The second-order valence-electron chi connectivity index (χ2n) is 5.01. The first kappa shape index (κ1) is 14.4. The van der Waals surface area contributed by atoms with E-state index >= 15 is 0 Å². The topological polar surface area (TPSA) is 49.4 Å². The Labute approximate surface area is 113 Å². The van der Waals surface area contributed by atoms with Crippen molar-refractivity contribution in [3.63, 3.8) is 0 Å². The van der Waals surface area contributed by atoms with Gasteiger partial charge in [0.05, 0.1) is 4.90 Å². The first-order valence-electron chi connectivity index (χ1n) is 6.34. The second-order valence-corrected chi connectivity index (χ2v) is 7.02. The summed E-state index contributed by atoms with van der Waals surface area (Å²) < 4.78 is 39.6. The first-order chi connectivity index (χ1) is 8.95. The van der Waals surface area contributed by atoms with Crippen molar-refractivity contribution < 1.29 is 12.8 Å². The van der Waals surface area contributed by atoms with Crippen LogP contribution in [0.4, 0.5) is 4.39 Å². The zero-order valence-electron chi connectivity index (χ0n) is 11.2. The van der Waals surface area contributed by atoms with Crippen LogP contribution in [0, 0.1) is 11.7 Å². The summed E-state index contributed by atoms with van der Waals surface area (Å²) in [6.07, 6.45) is 2.15. The monoisotopic (exact) mass is 286 g/mol. The van der Waals surface area contributed by atoms with Crippen molar-refractivity contribution in [2.75, 3.05) is 20.6 Å². The van der Waals surface area contributed by atoms with E-state index in [4.69, 9.17) is 0 Å². The maximum atomic E-state index is 13.4. The van der Waals surface area contributed by atoms with Crippen LogP contribution < -0.4 is 5.32 Å². The molecule has 106 valence electrons. The van der Waals surface area contributed by atoms with Crippen LogP contribution in [-0.4, -0.2) is 33.4 Å². The molecule has 0 unspecified atom stereocenters. The maximum absolute atomic E-state index is 13.4. The molecule has 1 aliphatic carbocycles. The van der Waals surface area contributed by atoms with Crippen LogP contribution in [0.15, 0.2) is 23.1 Å². The van der Waals surface area contributed by atoms with Gasteiger partial charge in [-0.3, -0.25) is 0 Å². The summed E-state index contributed by atoms with van der Waals surface area (Å²) in [4.78, 5) is 0.0602. The summed E-state index contributed by atoms with van der Waals surface area (Å²) in [7, 11) is -0.329. The Balaban J connectivity index is 2.34. The molecule has 1 fully saturated rings. The number of sulfonamides is 1. The van der Waals surface area contributed by atoms with Gasteiger partial charge in [0.15, 0.2) is 0 Å². The average Bonchev–Trinajstić information content (AvgIpc) is 3.15. The van der Waals surface area contributed by atoms with Gasteiger partial charge in [-0.25, -0.2) is 17.1 Å². The number of hydrogen-bond acceptors (Lipinski definition) is 3. The molecule has 1 aliphatic rings. The van der Waals surface area contributed by atoms with E-state index < -0.39 is 15.8 Å². The van der Waals surface area contributed by atoms with E-state index in [0.29, 0.717) is 24.6 Å². The van der Waals surface area contributed by atoms with Crippen LogP contribution in [0.5, 0.6) is 0 Å². The molecule has 0 spiro atoms. The Hall–Kier alpha value is -0.980. The average molecular weight is 286 g/mol. The number of benzene rings is 1. The Morgan fingerprint density at radius 3 is 2.68 bits per heavy atom. The zero-order valence-corrected chi connectivity index (χ0v) is 12.0. The predicted molar refractivity (Wildman–Crippen MR) is 71.7 cm³/mol. The fourth-order valence-corrected chi connectivity index (χ4v) is 3.51. The van der Waals surface area contributed by atoms with Gasteiger partial charge in [-0.1, -0.05) is 6.07 Å². The van der Waals surface area contributed by atoms with Crippen LogP contribution in [0.3, 0.4) is 0 Å². The van der Waals surface area contributed by atoms with Crippen molar-refractivity contribution in [3.8, 4) is 0 Å².